The summed E-state index contributed by atoms with van der Waals surface area (Å²) in [6.45, 7) is 2.88. The third kappa shape index (κ3) is 8.49. The standard InChI is InChI=1S/C23H22N4O.2C2HF3O2/c28-23(17-7-10-24-11-8-17)26-22-19-6-2-1-5-18(19)20-14-27(15-21(20)22)13-16-4-3-9-25-12-16;2*3-2(4,5)1(6)7/h1-12,20-22H,13-15H2,(H,26,28);2*(H,6,7)/t20-,21-,22+;;/m0../s1. The normalized spacial score (nSPS) is 19.2. The quantitative estimate of drug-likeness (QED) is 0.376. The number of likely N-dealkylation sites (tertiary alicyclic amines) is 1. The van der Waals surface area contributed by atoms with Crippen LogP contribution in [0.5, 0.6) is 0 Å². The van der Waals surface area contributed by atoms with Gasteiger partial charge in [-0.05, 0) is 34.9 Å². The number of halogens is 6. The molecule has 1 aliphatic heterocycles. The van der Waals surface area contributed by atoms with E-state index < -0.39 is 24.3 Å². The number of hydrogen-bond acceptors (Lipinski definition) is 6. The molecule has 3 heterocycles. The van der Waals surface area contributed by atoms with Crippen LogP contribution in [0.3, 0.4) is 0 Å². The van der Waals surface area contributed by atoms with Gasteiger partial charge in [0.25, 0.3) is 5.91 Å². The van der Waals surface area contributed by atoms with E-state index in [9.17, 15) is 31.1 Å². The van der Waals surface area contributed by atoms with E-state index >= 15 is 0 Å². The highest BCUT2D eigenvalue weighted by Gasteiger charge is 2.46. The van der Waals surface area contributed by atoms with Gasteiger partial charge in [-0.2, -0.15) is 26.3 Å². The molecule has 9 nitrogen and oxygen atoms in total. The van der Waals surface area contributed by atoms with Gasteiger partial charge in [0.1, 0.15) is 0 Å². The largest absolute Gasteiger partial charge is 0.490 e. The summed E-state index contributed by atoms with van der Waals surface area (Å²) in [5, 5.41) is 17.6. The fourth-order valence-electron chi connectivity index (χ4n) is 4.73. The number of carboxylic acids is 2. The van der Waals surface area contributed by atoms with Gasteiger partial charge in [-0.1, -0.05) is 30.3 Å². The zero-order valence-electron chi connectivity index (χ0n) is 21.5. The molecule has 1 amide bonds. The number of pyridine rings is 2. The first kappa shape index (κ1) is 32.0. The SMILES string of the molecule is O=C(N[C@@H]1c2ccccc2[C@@H]2CN(Cc3cccnc3)C[C@H]12)c1ccncc1.O=C(O)C(F)(F)F.O=C(O)C(F)(F)F. The molecule has 3 N–H and O–H groups in total. The van der Waals surface area contributed by atoms with Gasteiger partial charge in [-0.25, -0.2) is 9.59 Å². The van der Waals surface area contributed by atoms with E-state index in [0.717, 1.165) is 19.6 Å². The van der Waals surface area contributed by atoms with E-state index in [1.807, 2.05) is 18.5 Å². The van der Waals surface area contributed by atoms with E-state index in [1.54, 1.807) is 24.5 Å². The number of nitrogens with one attached hydrogen (secondary N) is 1. The fourth-order valence-corrected chi connectivity index (χ4v) is 4.73. The Morgan fingerprint density at radius 2 is 1.38 bits per heavy atom. The molecule has 15 heteroatoms. The average molecular weight is 599 g/mol. The third-order valence-electron chi connectivity index (χ3n) is 6.44. The van der Waals surface area contributed by atoms with Crippen LogP contribution in [0.1, 0.15) is 39.0 Å². The molecule has 0 saturated carbocycles. The molecule has 3 aromatic rings. The molecule has 5 rings (SSSR count). The summed E-state index contributed by atoms with van der Waals surface area (Å²) < 4.78 is 63.5. The minimum absolute atomic E-state index is 0.0337. The molecule has 1 saturated heterocycles. The maximum atomic E-state index is 12.8. The van der Waals surface area contributed by atoms with E-state index in [4.69, 9.17) is 19.8 Å². The Balaban J connectivity index is 0.000000289. The predicted octanol–water partition coefficient (Wildman–Crippen LogP) is 4.44. The highest BCUT2D eigenvalue weighted by Crippen LogP contribution is 2.49. The lowest BCUT2D eigenvalue weighted by molar-refractivity contribution is -0.193. The number of aliphatic carboxylic acids is 2. The van der Waals surface area contributed by atoms with Gasteiger partial charge in [0, 0.05) is 61.8 Å². The van der Waals surface area contributed by atoms with Crippen LogP contribution in [0.2, 0.25) is 0 Å². The lowest BCUT2D eigenvalue weighted by atomic mass is 9.94. The molecule has 0 spiro atoms. The van der Waals surface area contributed by atoms with E-state index in [1.165, 1.54) is 16.7 Å². The van der Waals surface area contributed by atoms with Crippen LogP contribution < -0.4 is 5.32 Å². The Kier molecular flexibility index (Phi) is 10.2. The summed E-state index contributed by atoms with van der Waals surface area (Å²) in [6.07, 6.45) is -3.11. The minimum atomic E-state index is -5.08. The molecule has 0 unspecified atom stereocenters. The van der Waals surface area contributed by atoms with Crippen molar-refractivity contribution in [2.24, 2.45) is 5.92 Å². The fraction of sp³-hybridized carbons (Fsp3) is 0.296. The maximum absolute atomic E-state index is 12.8. The summed E-state index contributed by atoms with van der Waals surface area (Å²) in [5.74, 6) is -4.70. The Morgan fingerprint density at radius 1 is 0.810 bits per heavy atom. The number of carboxylic acid groups (broad SMARTS) is 2. The first-order valence-corrected chi connectivity index (χ1v) is 12.2. The van der Waals surface area contributed by atoms with Crippen molar-refractivity contribution in [3.05, 3.63) is 95.6 Å². The number of alkyl halides is 6. The molecule has 1 aromatic carbocycles. The van der Waals surface area contributed by atoms with Crippen LogP contribution in [0, 0.1) is 5.92 Å². The second-order valence-corrected chi connectivity index (χ2v) is 9.25. The third-order valence-corrected chi connectivity index (χ3v) is 6.44. The molecular formula is C27H24F6N4O5. The molecule has 1 fully saturated rings. The second-order valence-electron chi connectivity index (χ2n) is 9.25. The van der Waals surface area contributed by atoms with Crippen molar-refractivity contribution in [1.82, 2.24) is 20.2 Å². The minimum Gasteiger partial charge on any atom is -0.475 e. The van der Waals surface area contributed by atoms with Crippen LogP contribution in [0.4, 0.5) is 26.3 Å². The number of carbonyl (C=O) groups is 3. The number of fused-ring (bicyclic) bond motifs is 3. The topological polar surface area (TPSA) is 133 Å². The van der Waals surface area contributed by atoms with Crippen molar-refractivity contribution >= 4 is 17.8 Å². The summed E-state index contributed by atoms with van der Waals surface area (Å²) in [4.78, 5) is 41.3. The zero-order valence-corrected chi connectivity index (χ0v) is 21.5. The molecule has 2 aliphatic rings. The molecule has 1 aliphatic carbocycles. The lowest BCUT2D eigenvalue weighted by Crippen LogP contribution is -2.33. The van der Waals surface area contributed by atoms with Crippen molar-refractivity contribution in [3.8, 4) is 0 Å². The summed E-state index contributed by atoms with van der Waals surface area (Å²) in [6, 6.07) is 16.2. The van der Waals surface area contributed by atoms with Crippen LogP contribution in [-0.2, 0) is 16.1 Å². The first-order valence-electron chi connectivity index (χ1n) is 12.2. The summed E-state index contributed by atoms with van der Waals surface area (Å²) in [7, 11) is 0. The predicted molar refractivity (Wildman–Crippen MR) is 134 cm³/mol. The van der Waals surface area contributed by atoms with E-state index in [2.05, 4.69) is 50.5 Å². The van der Waals surface area contributed by atoms with Gasteiger partial charge in [0.15, 0.2) is 0 Å². The highest BCUT2D eigenvalue weighted by molar-refractivity contribution is 5.94. The smallest absolute Gasteiger partial charge is 0.475 e. The van der Waals surface area contributed by atoms with E-state index in [-0.39, 0.29) is 11.9 Å². The average Bonchev–Trinajstić information content (AvgIpc) is 3.47. The van der Waals surface area contributed by atoms with Crippen molar-refractivity contribution < 1.29 is 50.9 Å². The monoisotopic (exact) mass is 598 g/mol. The highest BCUT2D eigenvalue weighted by atomic mass is 19.4. The van der Waals surface area contributed by atoms with Crippen molar-refractivity contribution in [3.63, 3.8) is 0 Å². The number of benzene rings is 1. The van der Waals surface area contributed by atoms with Gasteiger partial charge in [0.2, 0.25) is 0 Å². The maximum Gasteiger partial charge on any atom is 0.490 e. The van der Waals surface area contributed by atoms with E-state index in [0.29, 0.717) is 17.4 Å². The number of aromatic nitrogens is 2. The number of amides is 1. The molecule has 2 aromatic heterocycles. The molecule has 0 bridgehead atoms. The molecule has 3 atom stereocenters. The number of carbonyl (C=O) groups excluding carboxylic acids is 1. The van der Waals surface area contributed by atoms with Gasteiger partial charge in [-0.15, -0.1) is 0 Å². The van der Waals surface area contributed by atoms with Crippen LogP contribution in [0.15, 0.2) is 73.3 Å². The Labute approximate surface area is 234 Å². The lowest BCUT2D eigenvalue weighted by Gasteiger charge is -2.23. The number of rotatable bonds is 4. The molecule has 0 radical (unpaired) electrons. The van der Waals surface area contributed by atoms with Crippen molar-refractivity contribution in [2.45, 2.75) is 30.9 Å². The zero-order chi connectivity index (χ0) is 31.1. The molecule has 224 valence electrons. The molecular weight excluding hydrogens is 574 g/mol. The van der Waals surface area contributed by atoms with Crippen LogP contribution in [0.25, 0.3) is 0 Å². The van der Waals surface area contributed by atoms with Crippen molar-refractivity contribution in [1.29, 1.82) is 0 Å². The Morgan fingerprint density at radius 3 is 1.90 bits per heavy atom. The number of hydrogen-bond donors (Lipinski definition) is 3. The Bertz CT molecular complexity index is 1350. The first-order chi connectivity index (χ1) is 19.7. The summed E-state index contributed by atoms with van der Waals surface area (Å²) >= 11 is 0. The summed E-state index contributed by atoms with van der Waals surface area (Å²) in [5.41, 5.74) is 4.52. The van der Waals surface area contributed by atoms with Crippen molar-refractivity contribution in [2.75, 3.05) is 13.1 Å². The van der Waals surface area contributed by atoms with Gasteiger partial charge >= 0.3 is 24.3 Å². The second kappa shape index (κ2) is 13.4. The Hall–Kier alpha value is -4.53. The van der Waals surface area contributed by atoms with Gasteiger partial charge < -0.3 is 15.5 Å². The number of nitrogens with zero attached hydrogens (tertiary/aromatic N) is 3. The van der Waals surface area contributed by atoms with Crippen LogP contribution in [-0.4, -0.2) is 68.4 Å². The van der Waals surface area contributed by atoms with Gasteiger partial charge in [0.05, 0.1) is 6.04 Å². The van der Waals surface area contributed by atoms with Crippen LogP contribution >= 0.6 is 0 Å². The van der Waals surface area contributed by atoms with Gasteiger partial charge in [-0.3, -0.25) is 19.7 Å². The molecule has 42 heavy (non-hydrogen) atoms.